The average Bonchev–Trinajstić information content (AvgIpc) is 2.94. The molecule has 0 saturated heterocycles. The molecule has 3 rings (SSSR count). The van der Waals surface area contributed by atoms with Crippen LogP contribution in [0.1, 0.15) is 49.8 Å². The number of nitrogens with one attached hydrogen (secondary N) is 2. The zero-order valence-corrected chi connectivity index (χ0v) is 20.0. The molecule has 1 aromatic heterocycles. The maximum Gasteiger partial charge on any atom is 0.272 e. The van der Waals surface area contributed by atoms with Gasteiger partial charge in [0.1, 0.15) is 17.7 Å². The predicted octanol–water partition coefficient (Wildman–Crippen LogP) is 3.46. The third kappa shape index (κ3) is 5.48. The van der Waals surface area contributed by atoms with Crippen LogP contribution in [0.4, 0.5) is 4.39 Å². The predicted molar refractivity (Wildman–Crippen MR) is 123 cm³/mol. The number of imidazole rings is 1. The number of rotatable bonds is 5. The first-order valence-electron chi connectivity index (χ1n) is 10.8. The van der Waals surface area contributed by atoms with E-state index in [2.05, 4.69) is 20.5 Å². The van der Waals surface area contributed by atoms with Crippen LogP contribution >= 0.6 is 11.6 Å². The summed E-state index contributed by atoms with van der Waals surface area (Å²) in [6, 6.07) is 3.75. The van der Waals surface area contributed by atoms with Gasteiger partial charge in [-0.25, -0.2) is 9.37 Å². The lowest BCUT2D eigenvalue weighted by Gasteiger charge is -2.25. The third-order valence-corrected chi connectivity index (χ3v) is 5.78. The summed E-state index contributed by atoms with van der Waals surface area (Å²) < 4.78 is 15.7. The van der Waals surface area contributed by atoms with Crippen molar-refractivity contribution in [1.29, 1.82) is 0 Å². The third-order valence-electron chi connectivity index (χ3n) is 5.49. The molecular formula is C23H31ClFN5O2. The molecule has 2 amide bonds. The summed E-state index contributed by atoms with van der Waals surface area (Å²) in [5.74, 6) is -0.594. The highest BCUT2D eigenvalue weighted by molar-refractivity contribution is 6.31. The van der Waals surface area contributed by atoms with Gasteiger partial charge in [-0.2, -0.15) is 0 Å². The largest absolute Gasteiger partial charge is 0.357 e. The van der Waals surface area contributed by atoms with Gasteiger partial charge in [-0.05, 0) is 50.0 Å². The molecule has 32 heavy (non-hydrogen) atoms. The Morgan fingerprint density at radius 2 is 2.00 bits per heavy atom. The fraction of sp³-hybridized carbons (Fsp3) is 0.522. The van der Waals surface area contributed by atoms with E-state index >= 15 is 0 Å². The molecule has 0 fully saturated rings. The standard InChI is InChI=1S/C23H31ClFN5O2/c1-23(2,3)12-17(21(31)26-4)27-22(32)19-18-13-29(5)9-6-10-30(18)20(28-19)14-7-8-16(25)15(24)11-14/h7-8,11,17H,6,9-10,12-13H2,1-5H3,(H,26,31)(H,27,32)/t17-/m0/s1. The fourth-order valence-electron chi connectivity index (χ4n) is 3.98. The van der Waals surface area contributed by atoms with Crippen molar-refractivity contribution in [2.24, 2.45) is 5.41 Å². The van der Waals surface area contributed by atoms with Gasteiger partial charge < -0.3 is 20.1 Å². The van der Waals surface area contributed by atoms with Crippen LogP contribution < -0.4 is 10.6 Å². The second-order valence-electron chi connectivity index (χ2n) is 9.51. The minimum Gasteiger partial charge on any atom is -0.357 e. The maximum absolute atomic E-state index is 13.7. The lowest BCUT2D eigenvalue weighted by Crippen LogP contribution is -2.47. The molecule has 0 spiro atoms. The zero-order chi connectivity index (χ0) is 23.6. The monoisotopic (exact) mass is 463 g/mol. The first kappa shape index (κ1) is 24.2. The van der Waals surface area contributed by atoms with Crippen molar-refractivity contribution in [3.05, 3.63) is 40.4 Å². The molecule has 2 aromatic rings. The van der Waals surface area contributed by atoms with E-state index < -0.39 is 17.8 Å². The van der Waals surface area contributed by atoms with Gasteiger partial charge in [-0.3, -0.25) is 9.59 Å². The Labute approximate surface area is 193 Å². The van der Waals surface area contributed by atoms with Gasteiger partial charge in [0, 0.05) is 25.7 Å². The number of fused-ring (bicyclic) bond motifs is 1. The van der Waals surface area contributed by atoms with Gasteiger partial charge in [0.05, 0.1) is 10.7 Å². The van der Waals surface area contributed by atoms with E-state index in [4.69, 9.17) is 11.6 Å². The molecule has 0 unspecified atom stereocenters. The Morgan fingerprint density at radius 3 is 2.62 bits per heavy atom. The lowest BCUT2D eigenvalue weighted by molar-refractivity contribution is -0.123. The minimum atomic E-state index is -0.683. The van der Waals surface area contributed by atoms with E-state index in [1.165, 1.54) is 12.1 Å². The molecule has 0 bridgehead atoms. The summed E-state index contributed by atoms with van der Waals surface area (Å²) in [5.41, 5.74) is 1.52. The van der Waals surface area contributed by atoms with Gasteiger partial charge in [0.2, 0.25) is 5.91 Å². The number of amides is 2. The van der Waals surface area contributed by atoms with Crippen LogP contribution in [0, 0.1) is 11.2 Å². The Balaban J connectivity index is 2.03. The van der Waals surface area contributed by atoms with Gasteiger partial charge in [-0.1, -0.05) is 32.4 Å². The van der Waals surface area contributed by atoms with Crippen molar-refractivity contribution in [2.45, 2.75) is 52.7 Å². The molecule has 1 aliphatic rings. The summed E-state index contributed by atoms with van der Waals surface area (Å²) in [6.07, 6.45) is 1.36. The van der Waals surface area contributed by atoms with Crippen LogP contribution in [-0.2, 0) is 17.9 Å². The number of carbonyl (C=O) groups is 2. The van der Waals surface area contributed by atoms with E-state index in [0.29, 0.717) is 30.9 Å². The zero-order valence-electron chi connectivity index (χ0n) is 19.3. The molecule has 1 atom stereocenters. The van der Waals surface area contributed by atoms with Gasteiger partial charge in [0.15, 0.2) is 5.69 Å². The van der Waals surface area contributed by atoms with Crippen LogP contribution in [0.15, 0.2) is 18.2 Å². The number of likely N-dealkylation sites (N-methyl/N-ethyl adjacent to an activating group) is 1. The van der Waals surface area contributed by atoms with Crippen molar-refractivity contribution >= 4 is 23.4 Å². The van der Waals surface area contributed by atoms with Gasteiger partial charge in [0.25, 0.3) is 5.91 Å². The Morgan fingerprint density at radius 1 is 1.28 bits per heavy atom. The number of aromatic nitrogens is 2. The molecule has 1 aliphatic heterocycles. The highest BCUT2D eigenvalue weighted by atomic mass is 35.5. The van der Waals surface area contributed by atoms with Gasteiger partial charge in [-0.15, -0.1) is 0 Å². The number of hydrogen-bond acceptors (Lipinski definition) is 4. The lowest BCUT2D eigenvalue weighted by atomic mass is 9.87. The second-order valence-corrected chi connectivity index (χ2v) is 9.91. The van der Waals surface area contributed by atoms with E-state index in [0.717, 1.165) is 18.7 Å². The number of benzene rings is 1. The SMILES string of the molecule is CNC(=O)[C@H](CC(C)(C)C)NC(=O)c1nc(-c2ccc(F)c(Cl)c2)n2c1CN(C)CCC2. The summed E-state index contributed by atoms with van der Waals surface area (Å²) >= 11 is 6.01. The van der Waals surface area contributed by atoms with Gasteiger partial charge >= 0.3 is 0 Å². The highest BCUT2D eigenvalue weighted by Crippen LogP contribution is 2.29. The molecule has 7 nitrogen and oxygen atoms in total. The summed E-state index contributed by atoms with van der Waals surface area (Å²) in [7, 11) is 3.55. The van der Waals surface area contributed by atoms with Crippen molar-refractivity contribution in [3.63, 3.8) is 0 Å². The first-order chi connectivity index (χ1) is 15.0. The summed E-state index contributed by atoms with van der Waals surface area (Å²) in [5, 5.41) is 5.51. The fourth-order valence-corrected chi connectivity index (χ4v) is 4.16. The Hall–Kier alpha value is -2.45. The number of hydrogen-bond donors (Lipinski definition) is 2. The molecule has 1 aromatic carbocycles. The van der Waals surface area contributed by atoms with Crippen molar-refractivity contribution in [2.75, 3.05) is 20.6 Å². The van der Waals surface area contributed by atoms with Crippen molar-refractivity contribution in [3.8, 4) is 11.4 Å². The molecule has 2 heterocycles. The molecule has 9 heteroatoms. The normalized spacial score (nSPS) is 15.6. The van der Waals surface area contributed by atoms with Crippen LogP contribution in [0.5, 0.6) is 0 Å². The van der Waals surface area contributed by atoms with Crippen LogP contribution in [-0.4, -0.2) is 52.9 Å². The smallest absolute Gasteiger partial charge is 0.272 e. The second kappa shape index (κ2) is 9.58. The van der Waals surface area contributed by atoms with E-state index in [-0.39, 0.29) is 22.0 Å². The van der Waals surface area contributed by atoms with Crippen molar-refractivity contribution in [1.82, 2.24) is 25.1 Å². The van der Waals surface area contributed by atoms with Crippen LogP contribution in [0.3, 0.4) is 0 Å². The number of carbonyl (C=O) groups excluding carboxylic acids is 2. The number of halogens is 2. The molecule has 0 radical (unpaired) electrons. The maximum atomic E-state index is 13.7. The molecule has 2 N–H and O–H groups in total. The minimum absolute atomic E-state index is 0.00134. The molecule has 0 aliphatic carbocycles. The topological polar surface area (TPSA) is 79.3 Å². The summed E-state index contributed by atoms with van der Waals surface area (Å²) in [4.78, 5) is 32.6. The average molecular weight is 464 g/mol. The Kier molecular flexibility index (Phi) is 7.25. The van der Waals surface area contributed by atoms with Crippen LogP contribution in [0.25, 0.3) is 11.4 Å². The van der Waals surface area contributed by atoms with E-state index in [1.807, 2.05) is 32.4 Å². The quantitative estimate of drug-likeness (QED) is 0.711. The van der Waals surface area contributed by atoms with Crippen molar-refractivity contribution < 1.29 is 14.0 Å². The van der Waals surface area contributed by atoms with E-state index in [9.17, 15) is 14.0 Å². The highest BCUT2D eigenvalue weighted by Gasteiger charge is 2.30. The molecule has 0 saturated carbocycles. The van der Waals surface area contributed by atoms with E-state index in [1.54, 1.807) is 13.1 Å². The summed E-state index contributed by atoms with van der Waals surface area (Å²) in [6.45, 7) is 8.13. The van der Waals surface area contributed by atoms with Crippen LogP contribution in [0.2, 0.25) is 5.02 Å². The number of nitrogens with zero attached hydrogens (tertiary/aromatic N) is 3. The molecular weight excluding hydrogens is 433 g/mol. The Bertz CT molecular complexity index is 1010. The first-order valence-corrected chi connectivity index (χ1v) is 11.1. The molecule has 174 valence electrons.